The van der Waals surface area contributed by atoms with Crippen molar-refractivity contribution in [1.29, 1.82) is 0 Å². The van der Waals surface area contributed by atoms with Crippen LogP contribution in [0.2, 0.25) is 0 Å². The first-order valence-corrected chi connectivity index (χ1v) is 41.5. The smallest absolute Gasteiger partial charge is 0.340 e. The van der Waals surface area contributed by atoms with Gasteiger partial charge in [0.1, 0.15) is 54.6 Å². The predicted octanol–water partition coefficient (Wildman–Crippen LogP) is 10.8. The van der Waals surface area contributed by atoms with Crippen LogP contribution in [0.4, 0.5) is 0 Å². The molecule has 3 saturated heterocycles. The van der Waals surface area contributed by atoms with Crippen LogP contribution in [0.15, 0.2) is 81.9 Å². The van der Waals surface area contributed by atoms with Gasteiger partial charge in [0.25, 0.3) is 11.7 Å². The van der Waals surface area contributed by atoms with Gasteiger partial charge < -0.3 is 77.4 Å². The lowest BCUT2D eigenvalue weighted by atomic mass is 9.53. The number of esters is 5. The molecule has 0 aromatic heterocycles. The van der Waals surface area contributed by atoms with Crippen LogP contribution < -0.4 is 0 Å². The third-order valence-corrected chi connectivity index (χ3v) is 25.6. The summed E-state index contributed by atoms with van der Waals surface area (Å²) in [6.07, 6.45) is 12.7. The van der Waals surface area contributed by atoms with Gasteiger partial charge in [0.2, 0.25) is 11.6 Å². The van der Waals surface area contributed by atoms with E-state index in [1.165, 1.54) is 26.0 Å². The van der Waals surface area contributed by atoms with Gasteiger partial charge in [-0.1, -0.05) is 90.8 Å². The predicted molar refractivity (Wildman–Crippen MR) is 423 cm³/mol. The first-order chi connectivity index (χ1) is 54.0. The minimum Gasteiger partial charge on any atom is -0.504 e. The van der Waals surface area contributed by atoms with Crippen LogP contribution in [-0.2, 0) is 95.3 Å². The van der Waals surface area contributed by atoms with E-state index in [4.69, 9.17) is 47.4 Å². The highest BCUT2D eigenvalue weighted by molar-refractivity contribution is 6.39. The van der Waals surface area contributed by atoms with Gasteiger partial charge in [0.05, 0.1) is 35.9 Å². The van der Waals surface area contributed by atoms with Gasteiger partial charge in [-0.25, -0.2) is 9.59 Å². The highest BCUT2D eigenvalue weighted by atomic mass is 16.6. The second-order valence-corrected chi connectivity index (χ2v) is 34.5. The Morgan fingerprint density at radius 2 is 1.46 bits per heavy atom. The van der Waals surface area contributed by atoms with E-state index in [2.05, 4.69) is 0 Å². The van der Waals surface area contributed by atoms with Crippen molar-refractivity contribution in [3.8, 4) is 0 Å². The van der Waals surface area contributed by atoms with Crippen molar-refractivity contribution in [2.75, 3.05) is 75.8 Å². The SMILES string of the molecule is COC[C@H]1OC(=O)/C(=C/N(C)CCCN(C)C)C2=C(O)C(=O)C3=C([C@H](OC(C)=O)C[C@@]4(C)C3CC[C@@H]4OC(=O)CCCCCCC(=O)O[C@@H]3CC[C@@H](C[C@H](C)[C@@H]4CC(=O)[C@H](C)/C=C(\C)[C@@H](O)[C@@H](OC)C(=O)[C@H](C)C[C@H](C)/C=C/C=C/C=C(\C)[C@@H](OC)C[C@@H]5CC[C@@H](C)[C@@](O)(O5)C(=O)C(=O)N5CCCC[C@H]5C(=O)O4)C[C@H]3OC)[C@]21C. The van der Waals surface area contributed by atoms with Crippen LogP contribution in [0.1, 0.15) is 210 Å². The van der Waals surface area contributed by atoms with Gasteiger partial charge in [-0.15, -0.1) is 0 Å². The van der Waals surface area contributed by atoms with Gasteiger partial charge in [0, 0.05) is 122 Å². The number of fused-ring (bicyclic) bond motifs is 7. The van der Waals surface area contributed by atoms with E-state index < -0.39 is 166 Å². The number of aliphatic hydroxyl groups is 3. The molecule has 8 aliphatic rings. The van der Waals surface area contributed by atoms with E-state index in [9.17, 15) is 63.3 Å². The minimum atomic E-state index is -2.50. The summed E-state index contributed by atoms with van der Waals surface area (Å²) >= 11 is 0. The van der Waals surface area contributed by atoms with E-state index in [0.717, 1.165) is 18.5 Å². The van der Waals surface area contributed by atoms with E-state index in [-0.39, 0.29) is 91.8 Å². The number of hydrogen-bond acceptors (Lipinski definition) is 25. The lowest BCUT2D eigenvalue weighted by molar-refractivity contribution is -0.265. The van der Waals surface area contributed by atoms with Crippen LogP contribution in [-0.4, -0.2) is 238 Å². The third-order valence-electron chi connectivity index (χ3n) is 25.6. The summed E-state index contributed by atoms with van der Waals surface area (Å²) in [6.45, 7) is 18.8. The van der Waals surface area contributed by atoms with Gasteiger partial charge in [0.15, 0.2) is 11.5 Å². The number of piperidine rings is 1. The summed E-state index contributed by atoms with van der Waals surface area (Å²) in [5.41, 5.74) is -0.268. The standard InChI is InChI=1S/C88H131N3O23/c1-51-28-21-20-22-29-52(2)66(106-15)46-60-35-33-57(7)88(104,114-60)82(100)83(101)91-41-26-25-30-63(91)85(103)111-67(47-64(93)53(3)43-56(6)78(97)81(108-17)77(96)55(5)42-51)54(4)44-59-34-37-65(68(45-59)107-16)110-72(94)31-23-18-19-24-32-73(95)112-70-38-36-62-74-76(69(109-58(8)92)48-86(62,70)9)87(10)71(50-105-14)113-84(102)61(75(87)80(99)79(74)98)49-90(13)40-27-39-89(11)12/h20-22,28-29,43,49,51,53-55,57,59-60,62-63,65-71,78,81,97,99,104H,18-19,23-27,30-42,44-48,50H2,1-17H3/b22-20+,28-21+,52-29+,56-43+,61-49+/t51-,53-,54+,55-,57-,59+,60+,62?,63+,65-,66+,67+,68-,69-,70+,71-,78-,81+,86+,87+,88-/m1/s1. The Kier molecular flexibility index (Phi) is 33.6. The van der Waals surface area contributed by atoms with E-state index in [1.807, 2.05) is 82.0 Å². The Labute approximate surface area is 674 Å². The Bertz CT molecular complexity index is 3680. The van der Waals surface area contributed by atoms with Crippen LogP contribution in [0.25, 0.3) is 0 Å². The molecular weight excluding hydrogens is 1470 g/mol. The number of hydrogen-bond donors (Lipinski definition) is 3. The number of rotatable bonds is 23. The molecule has 4 aliphatic heterocycles. The van der Waals surface area contributed by atoms with Gasteiger partial charge in [-0.05, 0) is 185 Å². The van der Waals surface area contributed by atoms with Gasteiger partial charge in [-0.2, -0.15) is 0 Å². The molecule has 0 aromatic carbocycles. The molecule has 0 spiro atoms. The van der Waals surface area contributed by atoms with Crippen molar-refractivity contribution in [2.24, 2.45) is 52.3 Å². The number of amides is 1. The quantitative estimate of drug-likeness (QED) is 0.0214. The zero-order chi connectivity index (χ0) is 83.8. The normalized spacial score (nSPS) is 36.1. The molecule has 1 unspecified atom stereocenters. The molecule has 0 radical (unpaired) electrons. The molecule has 4 heterocycles. The maximum Gasteiger partial charge on any atom is 0.340 e. The van der Waals surface area contributed by atoms with Gasteiger partial charge >= 0.3 is 29.8 Å². The zero-order valence-electron chi connectivity index (χ0n) is 70.7. The largest absolute Gasteiger partial charge is 0.504 e. The second-order valence-electron chi connectivity index (χ2n) is 34.5. The van der Waals surface area contributed by atoms with Crippen molar-refractivity contribution < 1.29 is 111 Å². The maximum absolute atomic E-state index is 14.9. The first-order valence-electron chi connectivity index (χ1n) is 41.5. The van der Waals surface area contributed by atoms with Crippen LogP contribution in [0, 0.1) is 52.3 Å². The zero-order valence-corrected chi connectivity index (χ0v) is 70.7. The number of ketones is 4. The number of unbranched alkanes of at least 4 members (excludes halogenated alkanes) is 3. The number of cyclic esters (lactones) is 2. The fraction of sp³-hybridized carbons (Fsp3) is 0.727. The van der Waals surface area contributed by atoms with Crippen LogP contribution in [0.5, 0.6) is 0 Å². The highest BCUT2D eigenvalue weighted by Crippen LogP contribution is 2.64. The number of ether oxygens (including phenoxy) is 10. The Hall–Kier alpha value is -7.04. The summed E-state index contributed by atoms with van der Waals surface area (Å²) in [6, 6.07) is -1.23. The van der Waals surface area contributed by atoms with Crippen molar-refractivity contribution in [3.05, 3.63) is 81.9 Å². The number of aliphatic hydroxyl groups excluding tert-OH is 2. The molecule has 26 heteroatoms. The van der Waals surface area contributed by atoms with E-state index in [1.54, 1.807) is 68.2 Å². The van der Waals surface area contributed by atoms with Crippen molar-refractivity contribution >= 4 is 58.9 Å². The molecule has 26 nitrogen and oxygen atoms in total. The topological polar surface area (TPSA) is 333 Å². The molecule has 3 N–H and O–H groups in total. The van der Waals surface area contributed by atoms with E-state index in [0.29, 0.717) is 114 Å². The van der Waals surface area contributed by atoms with Crippen molar-refractivity contribution in [3.63, 3.8) is 0 Å². The minimum absolute atomic E-state index is 0.0196. The number of Topliss-reactive ketones (excluding diaryl/α,β-unsaturated/α-hetero) is 4. The molecule has 2 bridgehead atoms. The summed E-state index contributed by atoms with van der Waals surface area (Å²) in [7, 11) is 11.7. The summed E-state index contributed by atoms with van der Waals surface area (Å²) in [4.78, 5) is 147. The van der Waals surface area contributed by atoms with Crippen molar-refractivity contribution in [1.82, 2.24) is 14.7 Å². The highest BCUT2D eigenvalue weighted by Gasteiger charge is 2.66. The lowest BCUT2D eigenvalue weighted by Gasteiger charge is -2.54. The molecular formula is C88H131N3O23. The third kappa shape index (κ3) is 22.0. The summed E-state index contributed by atoms with van der Waals surface area (Å²) < 4.78 is 60.4. The molecule has 114 heavy (non-hydrogen) atoms. The molecule has 2 saturated carbocycles. The summed E-state index contributed by atoms with van der Waals surface area (Å²) in [5, 5.41) is 36.0. The fourth-order valence-electron chi connectivity index (χ4n) is 18.9. The molecule has 21 atom stereocenters. The van der Waals surface area contributed by atoms with Crippen LogP contribution >= 0.6 is 0 Å². The molecule has 0 aromatic rings. The number of nitrogens with zero attached hydrogens (tertiary/aromatic N) is 3. The number of carbonyl (C=O) groups excluding carboxylic acids is 10. The maximum atomic E-state index is 14.9. The average molecular weight is 1600 g/mol. The van der Waals surface area contributed by atoms with Crippen LogP contribution in [0.3, 0.4) is 0 Å². The Morgan fingerprint density at radius 1 is 0.754 bits per heavy atom. The summed E-state index contributed by atoms with van der Waals surface area (Å²) in [5.74, 6) is -12.8. The Balaban J connectivity index is 0.888. The van der Waals surface area contributed by atoms with Gasteiger partial charge in [-0.3, -0.25) is 38.4 Å². The molecule has 5 fully saturated rings. The molecule has 1 amide bonds. The molecule has 636 valence electrons. The number of carbonyl (C=O) groups is 10. The molecule has 8 rings (SSSR count). The van der Waals surface area contributed by atoms with Crippen molar-refractivity contribution in [2.45, 2.75) is 283 Å². The fourth-order valence-corrected chi connectivity index (χ4v) is 18.9. The first kappa shape index (κ1) is 92.5. The second kappa shape index (κ2) is 41.4. The Morgan fingerprint density at radius 3 is 2.11 bits per heavy atom. The number of methoxy groups -OCH3 is 4. The average Bonchev–Trinajstić information content (AvgIpc) is 1.22. The lowest BCUT2D eigenvalue weighted by Crippen LogP contribution is -2.61. The number of allylic oxidation sites excluding steroid dienone is 7. The monoisotopic (exact) mass is 1600 g/mol. The molecule has 4 aliphatic carbocycles. The van der Waals surface area contributed by atoms with E-state index >= 15 is 0 Å².